The van der Waals surface area contributed by atoms with Gasteiger partial charge in [0.1, 0.15) is 12.4 Å². The molecule has 19 heavy (non-hydrogen) atoms. The minimum atomic E-state index is -1.12. The summed E-state index contributed by atoms with van der Waals surface area (Å²) < 4.78 is 13.3. The molecule has 1 rings (SSSR count). The van der Waals surface area contributed by atoms with Crippen LogP contribution in [0.15, 0.2) is 18.2 Å². The molecular weight excluding hydrogens is 273 g/mol. The molecule has 1 atom stereocenters. The molecule has 1 aromatic carbocycles. The van der Waals surface area contributed by atoms with Crippen molar-refractivity contribution in [1.82, 2.24) is 4.90 Å². The lowest BCUT2D eigenvalue weighted by molar-refractivity contribution is -0.138. The zero-order valence-corrected chi connectivity index (χ0v) is 11.4. The smallest absolute Gasteiger partial charge is 0.323 e. The van der Waals surface area contributed by atoms with Gasteiger partial charge in [0, 0.05) is 6.04 Å². The van der Waals surface area contributed by atoms with E-state index in [1.54, 1.807) is 6.92 Å². The number of carbonyl (C=O) groups excluding carboxylic acids is 1. The van der Waals surface area contributed by atoms with Crippen LogP contribution >= 0.6 is 11.6 Å². The Morgan fingerprint density at radius 1 is 1.47 bits per heavy atom. The molecule has 4 nitrogen and oxygen atoms in total. The van der Waals surface area contributed by atoms with Crippen LogP contribution in [0.3, 0.4) is 0 Å². The molecule has 0 saturated carbocycles. The lowest BCUT2D eigenvalue weighted by Crippen LogP contribution is -2.42. The summed E-state index contributed by atoms with van der Waals surface area (Å²) in [7, 11) is 0. The number of halogens is 2. The van der Waals surface area contributed by atoms with E-state index < -0.39 is 24.2 Å². The van der Waals surface area contributed by atoms with E-state index in [4.69, 9.17) is 16.7 Å². The number of hydrogen-bond donors (Lipinski definition) is 1. The first kappa shape index (κ1) is 15.4. The normalized spacial score (nSPS) is 12.0. The monoisotopic (exact) mass is 287 g/mol. The molecule has 0 radical (unpaired) electrons. The van der Waals surface area contributed by atoms with Crippen molar-refractivity contribution in [3.63, 3.8) is 0 Å². The highest BCUT2D eigenvalue weighted by Crippen LogP contribution is 2.22. The Morgan fingerprint density at radius 2 is 2.11 bits per heavy atom. The highest BCUT2D eigenvalue weighted by Gasteiger charge is 2.25. The molecule has 1 unspecified atom stereocenters. The van der Waals surface area contributed by atoms with Crippen LogP contribution in [0.5, 0.6) is 0 Å². The summed E-state index contributed by atoms with van der Waals surface area (Å²) in [6.07, 6.45) is 0.589. The molecule has 0 fully saturated rings. The highest BCUT2D eigenvalue weighted by molar-refractivity contribution is 6.34. The Labute approximate surface area is 115 Å². The third kappa shape index (κ3) is 3.67. The van der Waals surface area contributed by atoms with Gasteiger partial charge in [0.2, 0.25) is 0 Å². The average Bonchev–Trinajstić information content (AvgIpc) is 2.37. The average molecular weight is 288 g/mol. The van der Waals surface area contributed by atoms with Gasteiger partial charge in [0.15, 0.2) is 0 Å². The largest absolute Gasteiger partial charge is 0.480 e. The molecule has 1 aromatic rings. The fourth-order valence-corrected chi connectivity index (χ4v) is 1.82. The topological polar surface area (TPSA) is 57.6 Å². The van der Waals surface area contributed by atoms with Crippen LogP contribution < -0.4 is 0 Å². The van der Waals surface area contributed by atoms with Gasteiger partial charge in [-0.2, -0.15) is 0 Å². The molecule has 0 heterocycles. The maximum Gasteiger partial charge on any atom is 0.323 e. The molecule has 0 saturated heterocycles. The van der Waals surface area contributed by atoms with Crippen LogP contribution in [0, 0.1) is 5.82 Å². The predicted molar refractivity (Wildman–Crippen MR) is 69.8 cm³/mol. The summed E-state index contributed by atoms with van der Waals surface area (Å²) >= 11 is 5.75. The van der Waals surface area contributed by atoms with Gasteiger partial charge < -0.3 is 10.0 Å². The fraction of sp³-hybridized carbons (Fsp3) is 0.385. The molecule has 1 amide bonds. The van der Waals surface area contributed by atoms with Gasteiger partial charge in [-0.15, -0.1) is 0 Å². The zero-order chi connectivity index (χ0) is 14.6. The van der Waals surface area contributed by atoms with Gasteiger partial charge in [-0.1, -0.05) is 24.6 Å². The van der Waals surface area contributed by atoms with Crippen LogP contribution in [-0.2, 0) is 4.79 Å². The summed E-state index contributed by atoms with van der Waals surface area (Å²) in [6, 6.07) is 3.61. The Kier molecular flexibility index (Phi) is 5.30. The molecule has 0 bridgehead atoms. The Hall–Kier alpha value is -1.62. The van der Waals surface area contributed by atoms with Gasteiger partial charge >= 0.3 is 5.97 Å². The number of rotatable bonds is 5. The van der Waals surface area contributed by atoms with Crippen LogP contribution in [0.4, 0.5) is 4.39 Å². The molecule has 0 aromatic heterocycles. The van der Waals surface area contributed by atoms with Crippen LogP contribution in [-0.4, -0.2) is 34.5 Å². The molecule has 0 aliphatic heterocycles. The Morgan fingerprint density at radius 3 is 2.63 bits per heavy atom. The molecule has 0 aliphatic carbocycles. The summed E-state index contributed by atoms with van der Waals surface area (Å²) in [5, 5.41) is 8.56. The lowest BCUT2D eigenvalue weighted by atomic mass is 10.1. The first-order chi connectivity index (χ1) is 8.88. The zero-order valence-electron chi connectivity index (χ0n) is 10.7. The van der Waals surface area contributed by atoms with E-state index in [0.29, 0.717) is 6.42 Å². The molecule has 104 valence electrons. The Balaban J connectivity index is 3.11. The first-order valence-electron chi connectivity index (χ1n) is 5.85. The van der Waals surface area contributed by atoms with E-state index in [2.05, 4.69) is 0 Å². The van der Waals surface area contributed by atoms with Crippen molar-refractivity contribution in [2.75, 3.05) is 6.54 Å². The third-order valence-corrected chi connectivity index (χ3v) is 3.26. The second-order valence-electron chi connectivity index (χ2n) is 4.19. The second kappa shape index (κ2) is 6.52. The van der Waals surface area contributed by atoms with Crippen molar-refractivity contribution in [1.29, 1.82) is 0 Å². The van der Waals surface area contributed by atoms with Gasteiger partial charge in [0.05, 0.1) is 10.6 Å². The van der Waals surface area contributed by atoms with Crippen molar-refractivity contribution in [3.8, 4) is 0 Å². The molecule has 0 spiro atoms. The van der Waals surface area contributed by atoms with E-state index in [1.807, 2.05) is 6.92 Å². The minimum absolute atomic E-state index is 0.0248. The Bertz CT molecular complexity index is 493. The molecular formula is C13H15ClFNO3. The van der Waals surface area contributed by atoms with Crippen LogP contribution in [0.25, 0.3) is 0 Å². The lowest BCUT2D eigenvalue weighted by Gasteiger charge is -2.27. The van der Waals surface area contributed by atoms with Crippen molar-refractivity contribution in [2.24, 2.45) is 0 Å². The highest BCUT2D eigenvalue weighted by atomic mass is 35.5. The molecule has 0 aliphatic rings. The summed E-state index contributed by atoms with van der Waals surface area (Å²) in [5.74, 6) is -2.41. The summed E-state index contributed by atoms with van der Waals surface area (Å²) in [6.45, 7) is 3.12. The van der Waals surface area contributed by atoms with Gasteiger partial charge in [-0.25, -0.2) is 4.39 Å². The van der Waals surface area contributed by atoms with E-state index >= 15 is 0 Å². The van der Waals surface area contributed by atoms with E-state index in [-0.39, 0.29) is 16.6 Å². The quantitative estimate of drug-likeness (QED) is 0.906. The number of carboxylic acid groups (broad SMARTS) is 1. The molecule has 6 heteroatoms. The first-order valence-corrected chi connectivity index (χ1v) is 6.23. The van der Waals surface area contributed by atoms with Crippen molar-refractivity contribution in [3.05, 3.63) is 34.6 Å². The van der Waals surface area contributed by atoms with Gasteiger partial charge in [-0.3, -0.25) is 9.59 Å². The van der Waals surface area contributed by atoms with Crippen LogP contribution in [0.1, 0.15) is 30.6 Å². The third-order valence-electron chi connectivity index (χ3n) is 2.87. The number of aliphatic carboxylic acids is 1. The van der Waals surface area contributed by atoms with E-state index in [0.717, 1.165) is 6.07 Å². The number of benzene rings is 1. The number of carboxylic acids is 1. The number of hydrogen-bond acceptors (Lipinski definition) is 2. The van der Waals surface area contributed by atoms with Gasteiger partial charge in [-0.05, 0) is 25.5 Å². The second-order valence-corrected chi connectivity index (χ2v) is 4.56. The predicted octanol–water partition coefficient (Wildman–Crippen LogP) is 2.80. The fourth-order valence-electron chi connectivity index (χ4n) is 1.62. The SMILES string of the molecule is CCC(C)N(CC(=O)O)C(=O)c1cccc(F)c1Cl. The number of carbonyl (C=O) groups is 2. The van der Waals surface area contributed by atoms with E-state index in [9.17, 15) is 14.0 Å². The van der Waals surface area contributed by atoms with Crippen molar-refractivity contribution in [2.45, 2.75) is 26.3 Å². The number of amides is 1. The number of nitrogens with zero attached hydrogens (tertiary/aromatic N) is 1. The maximum atomic E-state index is 13.3. The standard InChI is InChI=1S/C13H15ClFNO3/c1-3-8(2)16(7-11(17)18)13(19)9-5-4-6-10(15)12(9)14/h4-6,8H,3,7H2,1-2H3,(H,17,18). The minimum Gasteiger partial charge on any atom is -0.480 e. The van der Waals surface area contributed by atoms with Gasteiger partial charge in [0.25, 0.3) is 5.91 Å². The van der Waals surface area contributed by atoms with Crippen molar-refractivity contribution < 1.29 is 19.1 Å². The maximum absolute atomic E-state index is 13.3. The molecule has 1 N–H and O–H groups in total. The van der Waals surface area contributed by atoms with E-state index in [1.165, 1.54) is 17.0 Å². The van der Waals surface area contributed by atoms with Crippen molar-refractivity contribution >= 4 is 23.5 Å². The summed E-state index contributed by atoms with van der Waals surface area (Å²) in [5.41, 5.74) is -0.0248. The van der Waals surface area contributed by atoms with Crippen LogP contribution in [0.2, 0.25) is 5.02 Å². The summed E-state index contributed by atoms with van der Waals surface area (Å²) in [4.78, 5) is 24.3.